The first-order valence-corrected chi connectivity index (χ1v) is 4.68. The summed E-state index contributed by atoms with van der Waals surface area (Å²) < 4.78 is 10.6. The van der Waals surface area contributed by atoms with Gasteiger partial charge >= 0.3 is 0 Å². The second-order valence-corrected chi connectivity index (χ2v) is 3.88. The molecule has 1 aromatic carbocycles. The maximum atomic E-state index is 11.7. The van der Waals surface area contributed by atoms with Crippen molar-refractivity contribution in [2.24, 2.45) is 0 Å². The molecule has 2 rings (SSSR count). The van der Waals surface area contributed by atoms with Crippen LogP contribution in [0.4, 0.5) is 0 Å². The molecule has 5 heteroatoms. The highest BCUT2D eigenvalue weighted by atomic mass is 16.7. The van der Waals surface area contributed by atoms with E-state index < -0.39 is 17.0 Å². The van der Waals surface area contributed by atoms with Gasteiger partial charge in [-0.3, -0.25) is 9.59 Å². The van der Waals surface area contributed by atoms with Crippen molar-refractivity contribution in [3.05, 3.63) is 27.9 Å². The summed E-state index contributed by atoms with van der Waals surface area (Å²) in [6.45, 7) is 3.29. The van der Waals surface area contributed by atoms with Crippen LogP contribution in [-0.2, 0) is 0 Å². The van der Waals surface area contributed by atoms with Crippen molar-refractivity contribution in [3.8, 4) is 17.2 Å². The highest BCUT2D eigenvalue weighted by molar-refractivity contribution is 5.79. The number of hydrogen-bond acceptors (Lipinski definition) is 5. The summed E-state index contributed by atoms with van der Waals surface area (Å²) in [7, 11) is 0. The largest absolute Gasteiger partial charge is 0.504 e. The number of carbonyl (C=O) groups is 1. The molecule has 0 saturated heterocycles. The van der Waals surface area contributed by atoms with Gasteiger partial charge < -0.3 is 14.6 Å². The molecule has 1 aliphatic rings. The van der Waals surface area contributed by atoms with Crippen LogP contribution >= 0.6 is 0 Å². The highest BCUT2D eigenvalue weighted by Crippen LogP contribution is 2.36. The fraction of sp³-hybridized carbons (Fsp3) is 0.273. The average molecular weight is 222 g/mol. The maximum absolute atomic E-state index is 11.7. The summed E-state index contributed by atoms with van der Waals surface area (Å²) in [4.78, 5) is 22.3. The first-order chi connectivity index (χ1) is 7.44. The smallest absolute Gasteiger partial charge is 0.266 e. The normalized spacial score (nSPS) is 15.9. The van der Waals surface area contributed by atoms with E-state index in [4.69, 9.17) is 9.47 Å². The Kier molecular flexibility index (Phi) is 2.11. The average Bonchev–Trinajstić information content (AvgIpc) is 2.48. The van der Waals surface area contributed by atoms with E-state index in [1.165, 1.54) is 12.1 Å². The predicted molar refractivity (Wildman–Crippen MR) is 55.1 cm³/mol. The summed E-state index contributed by atoms with van der Waals surface area (Å²) in [5, 5.41) is 9.51. The molecule has 0 fully saturated rings. The third kappa shape index (κ3) is 1.50. The Morgan fingerprint density at radius 1 is 1.31 bits per heavy atom. The Morgan fingerprint density at radius 3 is 2.62 bits per heavy atom. The fourth-order valence-electron chi connectivity index (χ4n) is 1.47. The second kappa shape index (κ2) is 3.23. The van der Waals surface area contributed by atoms with E-state index in [1.54, 1.807) is 13.8 Å². The molecule has 1 N–H and O–H groups in total. The Bertz CT molecular complexity index is 519. The monoisotopic (exact) mass is 222 g/mol. The summed E-state index contributed by atoms with van der Waals surface area (Å²) in [6.07, 6.45) is 0.400. The van der Waals surface area contributed by atoms with Crippen molar-refractivity contribution in [2.75, 3.05) is 0 Å². The molecule has 0 spiro atoms. The molecule has 16 heavy (non-hydrogen) atoms. The van der Waals surface area contributed by atoms with Gasteiger partial charge in [0.15, 0.2) is 17.8 Å². The van der Waals surface area contributed by atoms with Crippen LogP contribution in [0.2, 0.25) is 0 Å². The van der Waals surface area contributed by atoms with Crippen molar-refractivity contribution in [2.45, 2.75) is 19.6 Å². The maximum Gasteiger partial charge on any atom is 0.266 e. The van der Waals surface area contributed by atoms with Gasteiger partial charge in [0.25, 0.3) is 5.43 Å². The minimum atomic E-state index is -0.941. The van der Waals surface area contributed by atoms with Crippen molar-refractivity contribution in [3.63, 3.8) is 0 Å². The molecule has 1 aromatic rings. The summed E-state index contributed by atoms with van der Waals surface area (Å²) in [5.74, 6) is -1.42. The SMILES string of the molecule is CC1(C)Oc2ccc(C=O)c(O)c(=O)c2O1. The van der Waals surface area contributed by atoms with Crippen LogP contribution in [0, 0.1) is 0 Å². The zero-order valence-electron chi connectivity index (χ0n) is 8.81. The van der Waals surface area contributed by atoms with Gasteiger partial charge in [0.2, 0.25) is 11.5 Å². The molecular formula is C11H10O5. The van der Waals surface area contributed by atoms with Gasteiger partial charge in [-0.05, 0) is 12.1 Å². The van der Waals surface area contributed by atoms with Crippen LogP contribution in [0.3, 0.4) is 0 Å². The van der Waals surface area contributed by atoms with Gasteiger partial charge in [-0.25, -0.2) is 0 Å². The third-order valence-electron chi connectivity index (χ3n) is 2.16. The molecular weight excluding hydrogens is 212 g/mol. The van der Waals surface area contributed by atoms with Crippen LogP contribution in [0.15, 0.2) is 16.9 Å². The third-order valence-corrected chi connectivity index (χ3v) is 2.16. The Balaban J connectivity index is 2.72. The van der Waals surface area contributed by atoms with Crippen molar-refractivity contribution in [1.29, 1.82) is 0 Å². The first kappa shape index (κ1) is 10.5. The van der Waals surface area contributed by atoms with Crippen molar-refractivity contribution in [1.82, 2.24) is 0 Å². The lowest BCUT2D eigenvalue weighted by molar-refractivity contribution is -0.0437. The zero-order valence-corrected chi connectivity index (χ0v) is 8.81. The molecule has 0 aromatic heterocycles. The molecule has 0 saturated carbocycles. The number of carbonyl (C=O) groups excluding carboxylic acids is 1. The van der Waals surface area contributed by atoms with E-state index in [0.29, 0.717) is 6.29 Å². The molecule has 1 heterocycles. The Labute approximate surface area is 91.2 Å². The van der Waals surface area contributed by atoms with Crippen LogP contribution in [-0.4, -0.2) is 17.2 Å². The summed E-state index contributed by atoms with van der Waals surface area (Å²) in [6, 6.07) is 2.74. The minimum absolute atomic E-state index is 0.0735. The van der Waals surface area contributed by atoms with Gasteiger partial charge in [-0.2, -0.15) is 0 Å². The lowest BCUT2D eigenvalue weighted by Gasteiger charge is -2.16. The molecule has 0 amide bonds. The molecule has 0 aliphatic carbocycles. The van der Waals surface area contributed by atoms with Gasteiger partial charge in [0.1, 0.15) is 0 Å². The Hall–Kier alpha value is -2.04. The van der Waals surface area contributed by atoms with E-state index >= 15 is 0 Å². The molecule has 0 unspecified atom stereocenters. The molecule has 0 bridgehead atoms. The molecule has 0 atom stereocenters. The van der Waals surface area contributed by atoms with E-state index in [1.807, 2.05) is 0 Å². The first-order valence-electron chi connectivity index (χ1n) is 4.68. The van der Waals surface area contributed by atoms with Gasteiger partial charge in [0, 0.05) is 13.8 Å². The van der Waals surface area contributed by atoms with Gasteiger partial charge in [-0.15, -0.1) is 0 Å². The summed E-state index contributed by atoms with van der Waals surface area (Å²) >= 11 is 0. The number of rotatable bonds is 1. The predicted octanol–water partition coefficient (Wildman–Crippen LogP) is 1.07. The van der Waals surface area contributed by atoms with E-state index in [0.717, 1.165) is 0 Å². The lowest BCUT2D eigenvalue weighted by Crippen LogP contribution is -2.30. The van der Waals surface area contributed by atoms with E-state index in [2.05, 4.69) is 0 Å². The van der Waals surface area contributed by atoms with Crippen LogP contribution in [0.1, 0.15) is 24.2 Å². The van der Waals surface area contributed by atoms with E-state index in [9.17, 15) is 14.7 Å². The summed E-state index contributed by atoms with van der Waals surface area (Å²) in [5.41, 5.74) is -0.836. The highest BCUT2D eigenvalue weighted by Gasteiger charge is 2.34. The number of hydrogen-bond donors (Lipinski definition) is 1. The van der Waals surface area contributed by atoms with Crippen molar-refractivity contribution < 1.29 is 19.4 Å². The number of ether oxygens (including phenoxy) is 2. The van der Waals surface area contributed by atoms with Gasteiger partial charge in [0.05, 0.1) is 5.56 Å². The van der Waals surface area contributed by atoms with Crippen molar-refractivity contribution >= 4 is 6.29 Å². The molecule has 84 valence electrons. The van der Waals surface area contributed by atoms with E-state index in [-0.39, 0.29) is 17.1 Å². The molecule has 1 aliphatic heterocycles. The quantitative estimate of drug-likeness (QED) is 0.719. The number of aromatic hydroxyl groups is 1. The topological polar surface area (TPSA) is 72.8 Å². The minimum Gasteiger partial charge on any atom is -0.504 e. The van der Waals surface area contributed by atoms with Crippen LogP contribution in [0.5, 0.6) is 17.2 Å². The fourth-order valence-corrected chi connectivity index (χ4v) is 1.47. The Morgan fingerprint density at radius 2 is 2.00 bits per heavy atom. The molecule has 0 radical (unpaired) electrons. The van der Waals surface area contributed by atoms with Crippen LogP contribution < -0.4 is 14.9 Å². The molecule has 5 nitrogen and oxygen atoms in total. The van der Waals surface area contributed by atoms with Crippen LogP contribution in [0.25, 0.3) is 0 Å². The zero-order chi connectivity index (χ0) is 11.9. The standard InChI is InChI=1S/C11H10O5/c1-11(2)15-7-4-3-6(5-12)8(13)9(14)10(7)16-11/h3-5H,1-2H3,(H,13,14). The lowest BCUT2D eigenvalue weighted by atomic mass is 10.3. The number of fused-ring (bicyclic) bond motifs is 1. The van der Waals surface area contributed by atoms with Gasteiger partial charge in [-0.1, -0.05) is 0 Å². The number of aldehydes is 1. The second-order valence-electron chi connectivity index (χ2n) is 3.88.